The maximum absolute atomic E-state index is 5.11. The summed E-state index contributed by atoms with van der Waals surface area (Å²) in [6, 6.07) is 0. The zero-order valence-electron chi connectivity index (χ0n) is 7.34. The minimum Gasteiger partial charge on any atom is -0.359 e. The van der Waals surface area contributed by atoms with E-state index in [0.717, 1.165) is 19.4 Å². The van der Waals surface area contributed by atoms with Crippen molar-refractivity contribution in [3.05, 3.63) is 12.7 Å². The van der Waals surface area contributed by atoms with Crippen molar-refractivity contribution in [1.29, 1.82) is 0 Å². The van der Waals surface area contributed by atoms with Crippen LogP contribution in [0.25, 0.3) is 0 Å². The predicted molar refractivity (Wildman–Crippen MR) is 46.5 cm³/mol. The van der Waals surface area contributed by atoms with Gasteiger partial charge in [-0.25, -0.2) is 0 Å². The SMILES string of the molecule is C=CCCCCCOCOC. The summed E-state index contributed by atoms with van der Waals surface area (Å²) in [5.74, 6) is 0. The fourth-order valence-electron chi connectivity index (χ4n) is 0.812. The van der Waals surface area contributed by atoms with Crippen molar-refractivity contribution in [2.45, 2.75) is 25.7 Å². The van der Waals surface area contributed by atoms with Crippen LogP contribution in [0.15, 0.2) is 12.7 Å². The van der Waals surface area contributed by atoms with Crippen LogP contribution in [0.1, 0.15) is 25.7 Å². The lowest BCUT2D eigenvalue weighted by molar-refractivity contribution is -0.0315. The van der Waals surface area contributed by atoms with Crippen LogP contribution in [0.4, 0.5) is 0 Å². The van der Waals surface area contributed by atoms with E-state index in [4.69, 9.17) is 9.47 Å². The number of hydrogen-bond acceptors (Lipinski definition) is 2. The minimum absolute atomic E-state index is 0.418. The number of hydrogen-bond donors (Lipinski definition) is 0. The zero-order valence-corrected chi connectivity index (χ0v) is 7.34. The topological polar surface area (TPSA) is 18.5 Å². The summed E-state index contributed by atoms with van der Waals surface area (Å²) in [5, 5.41) is 0. The second-order valence-electron chi connectivity index (χ2n) is 2.45. The first-order valence-corrected chi connectivity index (χ1v) is 4.09. The summed E-state index contributed by atoms with van der Waals surface area (Å²) in [6.07, 6.45) is 6.63. The Hall–Kier alpha value is -0.340. The molecule has 0 aliphatic carbocycles. The molecule has 0 N–H and O–H groups in total. The van der Waals surface area contributed by atoms with Crippen LogP contribution in [0, 0.1) is 0 Å². The smallest absolute Gasteiger partial charge is 0.146 e. The Bertz CT molecular complexity index is 81.6. The monoisotopic (exact) mass is 158 g/mol. The average Bonchev–Trinajstić information content (AvgIpc) is 2.03. The normalized spacial score (nSPS) is 9.91. The first kappa shape index (κ1) is 10.7. The third-order valence-corrected chi connectivity index (χ3v) is 1.40. The van der Waals surface area contributed by atoms with Gasteiger partial charge in [0.25, 0.3) is 0 Å². The molecule has 0 aromatic carbocycles. The second kappa shape index (κ2) is 9.66. The van der Waals surface area contributed by atoms with Crippen LogP contribution in [0.3, 0.4) is 0 Å². The fraction of sp³-hybridized carbons (Fsp3) is 0.778. The van der Waals surface area contributed by atoms with Crippen molar-refractivity contribution in [2.24, 2.45) is 0 Å². The summed E-state index contributed by atoms with van der Waals surface area (Å²) >= 11 is 0. The van der Waals surface area contributed by atoms with Crippen LogP contribution in [0.2, 0.25) is 0 Å². The number of methoxy groups -OCH3 is 1. The second-order valence-corrected chi connectivity index (χ2v) is 2.45. The minimum atomic E-state index is 0.418. The summed E-state index contributed by atoms with van der Waals surface area (Å²) in [5.41, 5.74) is 0. The lowest BCUT2D eigenvalue weighted by Crippen LogP contribution is -1.97. The van der Waals surface area contributed by atoms with Gasteiger partial charge in [-0.2, -0.15) is 0 Å². The Kier molecular flexibility index (Phi) is 9.36. The van der Waals surface area contributed by atoms with E-state index in [9.17, 15) is 0 Å². The molecule has 0 unspecified atom stereocenters. The molecular formula is C9H18O2. The molecule has 0 bridgehead atoms. The maximum Gasteiger partial charge on any atom is 0.146 e. The molecule has 66 valence electrons. The van der Waals surface area contributed by atoms with Gasteiger partial charge in [-0.15, -0.1) is 6.58 Å². The summed E-state index contributed by atoms with van der Waals surface area (Å²) in [7, 11) is 1.64. The van der Waals surface area contributed by atoms with Gasteiger partial charge < -0.3 is 9.47 Å². The predicted octanol–water partition coefficient (Wildman–Crippen LogP) is 2.35. The molecule has 0 amide bonds. The van der Waals surface area contributed by atoms with Crippen molar-refractivity contribution < 1.29 is 9.47 Å². The van der Waals surface area contributed by atoms with Crippen molar-refractivity contribution >= 4 is 0 Å². The van der Waals surface area contributed by atoms with E-state index in [2.05, 4.69) is 6.58 Å². The molecule has 0 heterocycles. The fourth-order valence-corrected chi connectivity index (χ4v) is 0.812. The van der Waals surface area contributed by atoms with Gasteiger partial charge in [0.1, 0.15) is 6.79 Å². The van der Waals surface area contributed by atoms with Gasteiger partial charge in [0.05, 0.1) is 0 Å². The van der Waals surface area contributed by atoms with Crippen LogP contribution in [-0.2, 0) is 9.47 Å². The van der Waals surface area contributed by atoms with E-state index in [1.54, 1.807) is 7.11 Å². The van der Waals surface area contributed by atoms with E-state index < -0.39 is 0 Å². The molecule has 0 saturated heterocycles. The molecule has 0 aliphatic rings. The molecule has 2 nitrogen and oxygen atoms in total. The van der Waals surface area contributed by atoms with Gasteiger partial charge in [0.15, 0.2) is 0 Å². The molecule has 0 rings (SSSR count). The molecule has 0 atom stereocenters. The number of ether oxygens (including phenoxy) is 2. The molecule has 0 radical (unpaired) electrons. The lowest BCUT2D eigenvalue weighted by Gasteiger charge is -2.00. The molecule has 0 saturated carbocycles. The highest BCUT2D eigenvalue weighted by Crippen LogP contribution is 1.99. The van der Waals surface area contributed by atoms with Gasteiger partial charge in [-0.1, -0.05) is 12.5 Å². The maximum atomic E-state index is 5.11. The summed E-state index contributed by atoms with van der Waals surface area (Å²) in [4.78, 5) is 0. The zero-order chi connectivity index (χ0) is 8.36. The van der Waals surface area contributed by atoms with Crippen LogP contribution in [0.5, 0.6) is 0 Å². The van der Waals surface area contributed by atoms with E-state index in [1.807, 2.05) is 6.08 Å². The van der Waals surface area contributed by atoms with Crippen LogP contribution < -0.4 is 0 Å². The molecule has 11 heavy (non-hydrogen) atoms. The van der Waals surface area contributed by atoms with E-state index in [-0.39, 0.29) is 0 Å². The Balaban J connectivity index is 2.74. The Labute approximate surface area is 69.2 Å². The Morgan fingerprint density at radius 1 is 1.27 bits per heavy atom. The third-order valence-electron chi connectivity index (χ3n) is 1.40. The van der Waals surface area contributed by atoms with Crippen molar-refractivity contribution in [3.63, 3.8) is 0 Å². The molecule has 0 aromatic heterocycles. The van der Waals surface area contributed by atoms with Gasteiger partial charge in [0, 0.05) is 13.7 Å². The first-order chi connectivity index (χ1) is 5.41. The largest absolute Gasteiger partial charge is 0.359 e. The number of unbranched alkanes of at least 4 members (excludes halogenated alkanes) is 3. The van der Waals surface area contributed by atoms with E-state index in [0.29, 0.717) is 6.79 Å². The van der Waals surface area contributed by atoms with E-state index in [1.165, 1.54) is 12.8 Å². The first-order valence-electron chi connectivity index (χ1n) is 4.09. The highest BCUT2D eigenvalue weighted by Gasteiger charge is 1.87. The van der Waals surface area contributed by atoms with Crippen LogP contribution in [-0.4, -0.2) is 20.5 Å². The molecule has 2 heteroatoms. The quantitative estimate of drug-likeness (QED) is 0.307. The van der Waals surface area contributed by atoms with Crippen molar-refractivity contribution in [3.8, 4) is 0 Å². The molecule has 0 fully saturated rings. The highest BCUT2D eigenvalue weighted by atomic mass is 16.7. The Morgan fingerprint density at radius 2 is 2.09 bits per heavy atom. The Morgan fingerprint density at radius 3 is 2.73 bits per heavy atom. The highest BCUT2D eigenvalue weighted by molar-refractivity contribution is 4.65. The molecule has 0 spiro atoms. The number of allylic oxidation sites excluding steroid dienone is 1. The standard InChI is InChI=1S/C9H18O2/c1-3-4-5-6-7-8-11-9-10-2/h3H,1,4-9H2,2H3. The molecular weight excluding hydrogens is 140 g/mol. The van der Waals surface area contributed by atoms with Crippen LogP contribution >= 0.6 is 0 Å². The van der Waals surface area contributed by atoms with E-state index >= 15 is 0 Å². The third kappa shape index (κ3) is 9.66. The van der Waals surface area contributed by atoms with Gasteiger partial charge >= 0.3 is 0 Å². The molecule has 0 aliphatic heterocycles. The average molecular weight is 158 g/mol. The summed E-state index contributed by atoms with van der Waals surface area (Å²) in [6.45, 7) is 4.89. The summed E-state index contributed by atoms with van der Waals surface area (Å²) < 4.78 is 9.85. The van der Waals surface area contributed by atoms with Crippen molar-refractivity contribution in [2.75, 3.05) is 20.5 Å². The number of rotatable bonds is 8. The lowest BCUT2D eigenvalue weighted by atomic mass is 10.2. The van der Waals surface area contributed by atoms with Gasteiger partial charge in [0.2, 0.25) is 0 Å². The van der Waals surface area contributed by atoms with Gasteiger partial charge in [-0.05, 0) is 19.3 Å². The van der Waals surface area contributed by atoms with Crippen molar-refractivity contribution in [1.82, 2.24) is 0 Å². The van der Waals surface area contributed by atoms with Gasteiger partial charge in [-0.3, -0.25) is 0 Å². The molecule has 0 aromatic rings.